The summed E-state index contributed by atoms with van der Waals surface area (Å²) in [5, 5.41) is 6.72. The second kappa shape index (κ2) is 8.87. The molecule has 0 bridgehead atoms. The molecule has 2 aromatic carbocycles. The molecule has 0 aliphatic rings. The van der Waals surface area contributed by atoms with Gasteiger partial charge in [0.25, 0.3) is 5.91 Å². The Morgan fingerprint density at radius 2 is 1.80 bits per heavy atom. The van der Waals surface area contributed by atoms with E-state index in [4.69, 9.17) is 9.57 Å². The summed E-state index contributed by atoms with van der Waals surface area (Å²) in [4.78, 5) is 17.1. The highest BCUT2D eigenvalue weighted by Gasteiger charge is 2.07. The van der Waals surface area contributed by atoms with Gasteiger partial charge in [-0.25, -0.2) is 0 Å². The van der Waals surface area contributed by atoms with E-state index in [2.05, 4.69) is 10.5 Å². The Balaban J connectivity index is 1.90. The first kappa shape index (κ1) is 18.5. The van der Waals surface area contributed by atoms with Crippen LogP contribution in [0, 0.1) is 13.8 Å². The number of nitrogens with one attached hydrogen (secondary N) is 1. The number of carbonyl (C=O) groups is 1. The Labute approximate surface area is 148 Å². The Kier molecular flexibility index (Phi) is 6.57. The van der Waals surface area contributed by atoms with Gasteiger partial charge in [-0.1, -0.05) is 35.5 Å². The zero-order valence-corrected chi connectivity index (χ0v) is 15.1. The van der Waals surface area contributed by atoms with E-state index >= 15 is 0 Å². The maximum absolute atomic E-state index is 12.0. The van der Waals surface area contributed by atoms with Crippen molar-refractivity contribution in [2.45, 2.75) is 33.8 Å². The molecule has 0 saturated heterocycles. The summed E-state index contributed by atoms with van der Waals surface area (Å²) in [5.74, 6) is 0.478. The molecule has 0 spiro atoms. The van der Waals surface area contributed by atoms with Gasteiger partial charge in [-0.05, 0) is 51.0 Å². The lowest BCUT2D eigenvalue weighted by Crippen LogP contribution is -2.18. The molecule has 0 aromatic heterocycles. The first-order chi connectivity index (χ1) is 12.0. The molecule has 0 radical (unpaired) electrons. The van der Waals surface area contributed by atoms with Crippen LogP contribution >= 0.6 is 0 Å². The molecule has 1 amide bonds. The lowest BCUT2D eigenvalue weighted by atomic mass is 10.1. The fourth-order valence-corrected chi connectivity index (χ4v) is 2.33. The molecule has 0 atom stereocenters. The number of hydrogen-bond donors (Lipinski definition) is 1. The van der Waals surface area contributed by atoms with E-state index in [1.165, 1.54) is 0 Å². The Morgan fingerprint density at radius 3 is 2.48 bits per heavy atom. The molecule has 0 unspecified atom stereocenters. The van der Waals surface area contributed by atoms with Gasteiger partial charge in [-0.15, -0.1) is 0 Å². The third-order valence-corrected chi connectivity index (χ3v) is 3.49. The quantitative estimate of drug-likeness (QED) is 0.610. The van der Waals surface area contributed by atoms with Crippen molar-refractivity contribution in [2.24, 2.45) is 5.16 Å². The Bertz CT molecular complexity index is 734. The van der Waals surface area contributed by atoms with Crippen molar-refractivity contribution in [1.29, 1.82) is 0 Å². The summed E-state index contributed by atoms with van der Waals surface area (Å²) in [6, 6.07) is 13.4. The van der Waals surface area contributed by atoms with E-state index in [0.717, 1.165) is 28.1 Å². The van der Waals surface area contributed by atoms with Gasteiger partial charge in [-0.3, -0.25) is 4.79 Å². The van der Waals surface area contributed by atoms with E-state index in [-0.39, 0.29) is 18.6 Å². The van der Waals surface area contributed by atoms with Gasteiger partial charge in [0.15, 0.2) is 6.61 Å². The van der Waals surface area contributed by atoms with Crippen LogP contribution in [0.1, 0.15) is 30.5 Å². The van der Waals surface area contributed by atoms with Crippen molar-refractivity contribution in [1.82, 2.24) is 0 Å². The molecule has 0 aliphatic carbocycles. The summed E-state index contributed by atoms with van der Waals surface area (Å²) in [6.45, 7) is 7.67. The highest BCUT2D eigenvalue weighted by molar-refractivity contribution is 5.93. The van der Waals surface area contributed by atoms with Crippen LogP contribution in [0.3, 0.4) is 0 Å². The van der Waals surface area contributed by atoms with Gasteiger partial charge in [-0.2, -0.15) is 0 Å². The maximum Gasteiger partial charge on any atom is 0.265 e. The lowest BCUT2D eigenvalue weighted by molar-refractivity contribution is -0.120. The molecule has 25 heavy (non-hydrogen) atoms. The molecule has 5 heteroatoms. The number of anilines is 1. The number of amides is 1. The average Bonchev–Trinajstić information content (AvgIpc) is 2.56. The number of para-hydroxylation sites is 2. The van der Waals surface area contributed by atoms with Crippen molar-refractivity contribution in [3.63, 3.8) is 0 Å². The zero-order valence-electron chi connectivity index (χ0n) is 15.1. The van der Waals surface area contributed by atoms with Gasteiger partial charge < -0.3 is 14.9 Å². The monoisotopic (exact) mass is 340 g/mol. The van der Waals surface area contributed by atoms with Crippen molar-refractivity contribution in [3.8, 4) is 5.75 Å². The molecule has 1 N–H and O–H groups in total. The predicted molar refractivity (Wildman–Crippen MR) is 100 cm³/mol. The fourth-order valence-electron chi connectivity index (χ4n) is 2.33. The number of nitrogens with zero attached hydrogens (tertiary/aromatic N) is 1. The summed E-state index contributed by atoms with van der Waals surface area (Å²) in [5.41, 5.74) is 3.63. The Hall–Kier alpha value is -2.82. The summed E-state index contributed by atoms with van der Waals surface area (Å²) >= 11 is 0. The standard InChI is InChI=1S/C20H24N2O3/c1-14(2)25-18-11-6-5-10-17(18)12-21-24-13-19(23)22-20-15(3)8-7-9-16(20)4/h5-12,14H,13H2,1-4H3,(H,22,23)/b21-12+. The molecule has 0 aliphatic heterocycles. The van der Waals surface area contributed by atoms with Crippen LogP contribution in [0.15, 0.2) is 47.6 Å². The van der Waals surface area contributed by atoms with Gasteiger partial charge in [0.05, 0.1) is 12.3 Å². The van der Waals surface area contributed by atoms with E-state index < -0.39 is 0 Å². The van der Waals surface area contributed by atoms with Crippen molar-refractivity contribution in [2.75, 3.05) is 11.9 Å². The number of carbonyl (C=O) groups excluding carboxylic acids is 1. The van der Waals surface area contributed by atoms with Gasteiger partial charge >= 0.3 is 0 Å². The molecule has 0 fully saturated rings. The van der Waals surface area contributed by atoms with Crippen LogP contribution in [0.5, 0.6) is 5.75 Å². The first-order valence-corrected chi connectivity index (χ1v) is 8.24. The van der Waals surface area contributed by atoms with Crippen LogP contribution in [0.25, 0.3) is 0 Å². The van der Waals surface area contributed by atoms with Crippen LogP contribution in [-0.2, 0) is 9.63 Å². The molecule has 2 aromatic rings. The van der Waals surface area contributed by atoms with Crippen LogP contribution < -0.4 is 10.1 Å². The lowest BCUT2D eigenvalue weighted by Gasteiger charge is -2.12. The van der Waals surface area contributed by atoms with E-state index in [1.54, 1.807) is 6.21 Å². The van der Waals surface area contributed by atoms with E-state index in [9.17, 15) is 4.79 Å². The molecular formula is C20H24N2O3. The van der Waals surface area contributed by atoms with Crippen LogP contribution in [0.4, 0.5) is 5.69 Å². The minimum atomic E-state index is -0.249. The molecule has 132 valence electrons. The van der Waals surface area contributed by atoms with E-state index in [1.807, 2.05) is 70.2 Å². The molecule has 2 rings (SSSR count). The average molecular weight is 340 g/mol. The summed E-state index contributed by atoms with van der Waals surface area (Å²) in [7, 11) is 0. The zero-order chi connectivity index (χ0) is 18.2. The van der Waals surface area contributed by atoms with Gasteiger partial charge in [0.2, 0.25) is 0 Å². The van der Waals surface area contributed by atoms with Crippen molar-refractivity contribution < 1.29 is 14.4 Å². The second-order valence-corrected chi connectivity index (χ2v) is 6.03. The highest BCUT2D eigenvalue weighted by Crippen LogP contribution is 2.19. The van der Waals surface area contributed by atoms with Crippen molar-refractivity contribution >= 4 is 17.8 Å². The molecule has 0 heterocycles. The maximum atomic E-state index is 12.0. The minimum absolute atomic E-state index is 0.0681. The van der Waals surface area contributed by atoms with Gasteiger partial charge in [0.1, 0.15) is 5.75 Å². The number of aryl methyl sites for hydroxylation is 2. The first-order valence-electron chi connectivity index (χ1n) is 8.24. The third-order valence-electron chi connectivity index (χ3n) is 3.49. The number of hydrogen-bond acceptors (Lipinski definition) is 4. The molecule has 5 nitrogen and oxygen atoms in total. The van der Waals surface area contributed by atoms with Crippen LogP contribution in [-0.4, -0.2) is 24.8 Å². The number of rotatable bonds is 7. The predicted octanol–water partition coefficient (Wildman–Crippen LogP) is 4.08. The van der Waals surface area contributed by atoms with Crippen LogP contribution in [0.2, 0.25) is 0 Å². The second-order valence-electron chi connectivity index (χ2n) is 6.03. The topological polar surface area (TPSA) is 59.9 Å². The summed E-state index contributed by atoms with van der Waals surface area (Å²) < 4.78 is 5.70. The number of oxime groups is 1. The number of ether oxygens (including phenoxy) is 1. The summed E-state index contributed by atoms with van der Waals surface area (Å²) in [6.07, 6.45) is 1.61. The number of benzene rings is 2. The van der Waals surface area contributed by atoms with Crippen molar-refractivity contribution in [3.05, 3.63) is 59.2 Å². The minimum Gasteiger partial charge on any atom is -0.490 e. The molecular weight excluding hydrogens is 316 g/mol. The SMILES string of the molecule is Cc1cccc(C)c1NC(=O)CO/N=C/c1ccccc1OC(C)C. The van der Waals surface area contributed by atoms with E-state index in [0.29, 0.717) is 0 Å². The highest BCUT2D eigenvalue weighted by atomic mass is 16.6. The fraction of sp³-hybridized carbons (Fsp3) is 0.300. The van der Waals surface area contributed by atoms with Gasteiger partial charge in [0, 0.05) is 11.3 Å². The normalized spacial score (nSPS) is 10.9. The third kappa shape index (κ3) is 5.64. The largest absolute Gasteiger partial charge is 0.490 e. The molecule has 0 saturated carbocycles. The smallest absolute Gasteiger partial charge is 0.265 e. The Morgan fingerprint density at radius 1 is 1.12 bits per heavy atom.